The van der Waals surface area contributed by atoms with Gasteiger partial charge in [-0.05, 0) is 36.8 Å². The number of benzene rings is 2. The minimum Gasteiger partial charge on any atom is -0.486 e. The highest BCUT2D eigenvalue weighted by molar-refractivity contribution is 5.99. The van der Waals surface area contributed by atoms with E-state index in [9.17, 15) is 9.59 Å². The first-order valence-corrected chi connectivity index (χ1v) is 8.85. The van der Waals surface area contributed by atoms with Gasteiger partial charge in [-0.3, -0.25) is 9.59 Å². The van der Waals surface area contributed by atoms with Crippen molar-refractivity contribution in [3.63, 3.8) is 0 Å². The van der Waals surface area contributed by atoms with Crippen molar-refractivity contribution in [2.24, 2.45) is 0 Å². The van der Waals surface area contributed by atoms with Crippen LogP contribution < -0.4 is 24.8 Å². The second-order valence-corrected chi connectivity index (χ2v) is 6.49. The summed E-state index contributed by atoms with van der Waals surface area (Å²) in [6, 6.07) is 12.5. The fourth-order valence-corrected chi connectivity index (χ4v) is 3.11. The van der Waals surface area contributed by atoms with Gasteiger partial charge in [-0.1, -0.05) is 18.2 Å². The Balaban J connectivity index is 1.38. The number of anilines is 1. The maximum Gasteiger partial charge on any atom is 0.266 e. The zero-order chi connectivity index (χ0) is 18.8. The second-order valence-electron chi connectivity index (χ2n) is 6.49. The van der Waals surface area contributed by atoms with E-state index in [2.05, 4.69) is 10.6 Å². The molecule has 2 aromatic carbocycles. The first kappa shape index (κ1) is 17.2. The zero-order valence-corrected chi connectivity index (χ0v) is 14.9. The third-order valence-corrected chi connectivity index (χ3v) is 4.52. The number of rotatable bonds is 4. The van der Waals surface area contributed by atoms with E-state index >= 15 is 0 Å². The van der Waals surface area contributed by atoms with Gasteiger partial charge in [-0.15, -0.1) is 0 Å². The molecule has 27 heavy (non-hydrogen) atoms. The molecular formula is C20H20N2O5. The highest BCUT2D eigenvalue weighted by Crippen LogP contribution is 2.33. The van der Waals surface area contributed by atoms with Gasteiger partial charge < -0.3 is 24.8 Å². The van der Waals surface area contributed by atoms with Gasteiger partial charge in [0.15, 0.2) is 17.6 Å². The van der Waals surface area contributed by atoms with E-state index in [0.717, 1.165) is 5.56 Å². The van der Waals surface area contributed by atoms with Crippen molar-refractivity contribution in [2.45, 2.75) is 25.5 Å². The smallest absolute Gasteiger partial charge is 0.266 e. The average Bonchev–Trinajstić information content (AvgIpc) is 2.68. The van der Waals surface area contributed by atoms with E-state index < -0.39 is 6.10 Å². The van der Waals surface area contributed by atoms with Crippen molar-refractivity contribution in [2.75, 3.05) is 18.5 Å². The van der Waals surface area contributed by atoms with Crippen LogP contribution >= 0.6 is 0 Å². The Bertz CT molecular complexity index is 882. The fraction of sp³-hybridized carbons (Fsp3) is 0.300. The standard InChI is InChI=1S/C20H20N2O5/c1-12(13-6-7-16-17(10-13)26-9-8-25-16)21-19(23)11-18-20(24)22-14-4-2-3-5-15(14)27-18/h2-7,10,12,18H,8-9,11H2,1H3,(H,21,23)(H,22,24). The third kappa shape index (κ3) is 3.67. The fourth-order valence-electron chi connectivity index (χ4n) is 3.11. The van der Waals surface area contributed by atoms with E-state index in [-0.39, 0.29) is 24.3 Å². The maximum atomic E-state index is 12.4. The molecule has 0 fully saturated rings. The van der Waals surface area contributed by atoms with Crippen LogP contribution in [-0.4, -0.2) is 31.1 Å². The molecule has 2 amide bonds. The van der Waals surface area contributed by atoms with E-state index in [4.69, 9.17) is 14.2 Å². The van der Waals surface area contributed by atoms with Crippen LogP contribution in [0.2, 0.25) is 0 Å². The molecule has 0 aromatic heterocycles. The lowest BCUT2D eigenvalue weighted by atomic mass is 10.1. The Labute approximate surface area is 156 Å². The van der Waals surface area contributed by atoms with Gasteiger partial charge in [-0.2, -0.15) is 0 Å². The van der Waals surface area contributed by atoms with Crippen molar-refractivity contribution in [3.8, 4) is 17.2 Å². The van der Waals surface area contributed by atoms with E-state index in [1.807, 2.05) is 37.3 Å². The van der Waals surface area contributed by atoms with Gasteiger partial charge in [0, 0.05) is 0 Å². The third-order valence-electron chi connectivity index (χ3n) is 4.52. The molecule has 2 aliphatic heterocycles. The molecule has 0 bridgehead atoms. The van der Waals surface area contributed by atoms with Crippen LogP contribution in [0.3, 0.4) is 0 Å². The minimum atomic E-state index is -0.854. The zero-order valence-electron chi connectivity index (χ0n) is 14.9. The number of para-hydroxylation sites is 2. The van der Waals surface area contributed by atoms with E-state index in [0.29, 0.717) is 36.1 Å². The number of hydrogen-bond acceptors (Lipinski definition) is 5. The molecule has 140 valence electrons. The van der Waals surface area contributed by atoms with Crippen LogP contribution in [0.1, 0.15) is 24.9 Å². The number of amides is 2. The normalized spacial score (nSPS) is 18.6. The molecule has 0 saturated heterocycles. The van der Waals surface area contributed by atoms with Crippen LogP contribution in [-0.2, 0) is 9.59 Å². The highest BCUT2D eigenvalue weighted by atomic mass is 16.6. The summed E-state index contributed by atoms with van der Waals surface area (Å²) in [5, 5.41) is 5.66. The molecule has 2 aliphatic rings. The number of carbonyl (C=O) groups is 2. The van der Waals surface area contributed by atoms with E-state index in [1.165, 1.54) is 0 Å². The molecule has 4 rings (SSSR count). The Morgan fingerprint density at radius 1 is 1.15 bits per heavy atom. The average molecular weight is 368 g/mol. The SMILES string of the molecule is CC(NC(=O)CC1Oc2ccccc2NC1=O)c1ccc2c(c1)OCCO2. The first-order valence-electron chi connectivity index (χ1n) is 8.85. The molecule has 0 aliphatic carbocycles. The van der Waals surface area contributed by atoms with Crippen LogP contribution in [0.5, 0.6) is 17.2 Å². The summed E-state index contributed by atoms with van der Waals surface area (Å²) >= 11 is 0. The van der Waals surface area contributed by atoms with Crippen molar-refractivity contribution in [1.82, 2.24) is 5.32 Å². The molecule has 2 unspecified atom stereocenters. The van der Waals surface area contributed by atoms with Crippen molar-refractivity contribution in [3.05, 3.63) is 48.0 Å². The Hall–Kier alpha value is -3.22. The van der Waals surface area contributed by atoms with Gasteiger partial charge in [0.1, 0.15) is 19.0 Å². The lowest BCUT2D eigenvalue weighted by Crippen LogP contribution is -2.41. The van der Waals surface area contributed by atoms with Crippen LogP contribution in [0.25, 0.3) is 0 Å². The molecule has 0 spiro atoms. The van der Waals surface area contributed by atoms with Crippen LogP contribution in [0.15, 0.2) is 42.5 Å². The summed E-state index contributed by atoms with van der Waals surface area (Å²) in [7, 11) is 0. The summed E-state index contributed by atoms with van der Waals surface area (Å²) in [6.45, 7) is 2.92. The Morgan fingerprint density at radius 3 is 2.78 bits per heavy atom. The largest absolute Gasteiger partial charge is 0.486 e. The summed E-state index contributed by atoms with van der Waals surface area (Å²) < 4.78 is 16.8. The molecule has 2 aromatic rings. The number of nitrogens with one attached hydrogen (secondary N) is 2. The lowest BCUT2D eigenvalue weighted by Gasteiger charge is -2.26. The summed E-state index contributed by atoms with van der Waals surface area (Å²) in [5.74, 6) is 1.35. The van der Waals surface area contributed by atoms with Crippen molar-refractivity contribution < 1.29 is 23.8 Å². The quantitative estimate of drug-likeness (QED) is 0.866. The highest BCUT2D eigenvalue weighted by Gasteiger charge is 2.30. The predicted octanol–water partition coefficient (Wildman–Crippen LogP) is 2.42. The summed E-state index contributed by atoms with van der Waals surface area (Å²) in [5.41, 5.74) is 1.51. The van der Waals surface area contributed by atoms with Gasteiger partial charge >= 0.3 is 0 Å². The van der Waals surface area contributed by atoms with Gasteiger partial charge in [0.2, 0.25) is 5.91 Å². The Kier molecular flexibility index (Phi) is 4.58. The molecule has 7 heteroatoms. The molecular weight excluding hydrogens is 348 g/mol. The summed E-state index contributed by atoms with van der Waals surface area (Å²) in [6.07, 6.45) is -0.915. The molecule has 0 radical (unpaired) electrons. The van der Waals surface area contributed by atoms with Gasteiger partial charge in [0.25, 0.3) is 5.91 Å². The molecule has 2 heterocycles. The number of ether oxygens (including phenoxy) is 3. The first-order chi connectivity index (χ1) is 13.1. The van der Waals surface area contributed by atoms with Crippen molar-refractivity contribution >= 4 is 17.5 Å². The lowest BCUT2D eigenvalue weighted by molar-refractivity contribution is -0.130. The predicted molar refractivity (Wildman–Crippen MR) is 98.1 cm³/mol. The van der Waals surface area contributed by atoms with E-state index in [1.54, 1.807) is 12.1 Å². The monoisotopic (exact) mass is 368 g/mol. The van der Waals surface area contributed by atoms with Gasteiger partial charge in [0.05, 0.1) is 18.2 Å². The molecule has 2 atom stereocenters. The van der Waals surface area contributed by atoms with Crippen molar-refractivity contribution in [1.29, 1.82) is 0 Å². The molecule has 0 saturated carbocycles. The second kappa shape index (κ2) is 7.19. The summed E-state index contributed by atoms with van der Waals surface area (Å²) in [4.78, 5) is 24.6. The number of carbonyl (C=O) groups excluding carboxylic acids is 2. The molecule has 2 N–H and O–H groups in total. The Morgan fingerprint density at radius 2 is 1.93 bits per heavy atom. The minimum absolute atomic E-state index is 0.0605. The van der Waals surface area contributed by atoms with Crippen LogP contribution in [0, 0.1) is 0 Å². The van der Waals surface area contributed by atoms with Crippen LogP contribution in [0.4, 0.5) is 5.69 Å². The van der Waals surface area contributed by atoms with Gasteiger partial charge in [-0.25, -0.2) is 0 Å². The number of hydrogen-bond donors (Lipinski definition) is 2. The molecule has 7 nitrogen and oxygen atoms in total. The number of fused-ring (bicyclic) bond motifs is 2. The maximum absolute atomic E-state index is 12.4. The topological polar surface area (TPSA) is 85.9 Å².